The standard InChI is InChI=1S/C15H9F4NO2S/c1-21-7-2-4-8(5-3-7)23-6-9-20-14-12(18)10(16)11(17)13(19)15(14)22-9/h2-5H,6H2,1H3. The van der Waals surface area contributed by atoms with E-state index in [1.807, 2.05) is 0 Å². The van der Waals surface area contributed by atoms with Gasteiger partial charge in [-0.25, -0.2) is 18.2 Å². The molecule has 0 aliphatic rings. The summed E-state index contributed by atoms with van der Waals surface area (Å²) in [5.41, 5.74) is -1.39. The second-order valence-corrected chi connectivity index (χ2v) is 5.55. The Balaban J connectivity index is 1.86. The van der Waals surface area contributed by atoms with Crippen LogP contribution < -0.4 is 4.74 Å². The van der Waals surface area contributed by atoms with Crippen molar-refractivity contribution >= 4 is 22.9 Å². The lowest BCUT2D eigenvalue weighted by molar-refractivity contribution is 0.409. The molecule has 120 valence electrons. The van der Waals surface area contributed by atoms with Gasteiger partial charge in [0, 0.05) is 4.90 Å². The van der Waals surface area contributed by atoms with Gasteiger partial charge in [-0.15, -0.1) is 11.8 Å². The minimum atomic E-state index is -1.92. The smallest absolute Gasteiger partial charge is 0.206 e. The number of methoxy groups -OCH3 is 1. The third kappa shape index (κ3) is 2.86. The summed E-state index contributed by atoms with van der Waals surface area (Å²) in [6.07, 6.45) is 0. The first-order valence-electron chi connectivity index (χ1n) is 6.39. The molecule has 0 saturated heterocycles. The topological polar surface area (TPSA) is 35.3 Å². The van der Waals surface area contributed by atoms with E-state index in [2.05, 4.69) is 4.98 Å². The number of benzene rings is 2. The number of fused-ring (bicyclic) bond motifs is 1. The Labute approximate surface area is 132 Å². The van der Waals surface area contributed by atoms with Gasteiger partial charge in [-0.3, -0.25) is 0 Å². The lowest BCUT2D eigenvalue weighted by Gasteiger charge is -2.01. The minimum Gasteiger partial charge on any atom is -0.497 e. The van der Waals surface area contributed by atoms with E-state index in [9.17, 15) is 17.6 Å². The lowest BCUT2D eigenvalue weighted by Crippen LogP contribution is -1.96. The monoisotopic (exact) mass is 343 g/mol. The molecule has 0 aliphatic heterocycles. The number of hydrogen-bond acceptors (Lipinski definition) is 4. The molecule has 23 heavy (non-hydrogen) atoms. The zero-order chi connectivity index (χ0) is 16.6. The van der Waals surface area contributed by atoms with Crippen molar-refractivity contribution < 1.29 is 26.7 Å². The Kier molecular flexibility index (Phi) is 4.16. The molecule has 1 aromatic heterocycles. The van der Waals surface area contributed by atoms with E-state index in [-0.39, 0.29) is 11.6 Å². The van der Waals surface area contributed by atoms with Crippen LogP contribution in [0, 0.1) is 23.3 Å². The van der Waals surface area contributed by atoms with E-state index in [0.717, 1.165) is 4.90 Å². The molecule has 0 N–H and O–H groups in total. The van der Waals surface area contributed by atoms with Crippen LogP contribution in [-0.2, 0) is 5.75 Å². The fourth-order valence-corrected chi connectivity index (χ4v) is 2.68. The molecule has 0 bridgehead atoms. The Morgan fingerprint density at radius 2 is 1.65 bits per heavy atom. The summed E-state index contributed by atoms with van der Waals surface area (Å²) in [4.78, 5) is 4.53. The van der Waals surface area contributed by atoms with Crippen LogP contribution in [0.15, 0.2) is 33.6 Å². The predicted molar refractivity (Wildman–Crippen MR) is 76.4 cm³/mol. The third-order valence-corrected chi connectivity index (χ3v) is 4.08. The average molecular weight is 343 g/mol. The van der Waals surface area contributed by atoms with E-state index >= 15 is 0 Å². The maximum atomic E-state index is 13.6. The van der Waals surface area contributed by atoms with Gasteiger partial charge in [0.25, 0.3) is 0 Å². The van der Waals surface area contributed by atoms with Gasteiger partial charge in [-0.05, 0) is 24.3 Å². The molecule has 8 heteroatoms. The van der Waals surface area contributed by atoms with Crippen LogP contribution in [0.2, 0.25) is 0 Å². The molecule has 0 radical (unpaired) electrons. The normalized spacial score (nSPS) is 11.2. The molecule has 0 aliphatic carbocycles. The second-order valence-electron chi connectivity index (χ2n) is 4.51. The Hall–Kier alpha value is -2.22. The highest BCUT2D eigenvalue weighted by molar-refractivity contribution is 7.98. The largest absolute Gasteiger partial charge is 0.497 e. The maximum absolute atomic E-state index is 13.6. The quantitative estimate of drug-likeness (QED) is 0.298. The van der Waals surface area contributed by atoms with Gasteiger partial charge in [0.05, 0.1) is 12.9 Å². The molecule has 0 amide bonds. The number of oxazole rings is 1. The van der Waals surface area contributed by atoms with Crippen molar-refractivity contribution in [3.8, 4) is 5.75 Å². The first-order chi connectivity index (χ1) is 11.0. The number of ether oxygens (including phenoxy) is 1. The van der Waals surface area contributed by atoms with Crippen LogP contribution in [0.3, 0.4) is 0 Å². The van der Waals surface area contributed by atoms with Gasteiger partial charge in [-0.1, -0.05) is 0 Å². The van der Waals surface area contributed by atoms with Crippen LogP contribution in [0.5, 0.6) is 5.75 Å². The molecule has 0 saturated carbocycles. The predicted octanol–water partition coefficient (Wildman–Crippen LogP) is 4.69. The number of aromatic nitrogens is 1. The summed E-state index contributed by atoms with van der Waals surface area (Å²) < 4.78 is 63.5. The molecular formula is C15H9F4NO2S. The van der Waals surface area contributed by atoms with Crippen LogP contribution in [0.4, 0.5) is 17.6 Å². The third-order valence-electron chi connectivity index (χ3n) is 3.08. The van der Waals surface area contributed by atoms with E-state index in [1.54, 1.807) is 31.4 Å². The lowest BCUT2D eigenvalue weighted by atomic mass is 10.3. The fraction of sp³-hybridized carbons (Fsp3) is 0.133. The van der Waals surface area contributed by atoms with Crippen molar-refractivity contribution in [3.05, 3.63) is 53.4 Å². The molecule has 1 heterocycles. The van der Waals surface area contributed by atoms with E-state index < -0.39 is 34.4 Å². The van der Waals surface area contributed by atoms with Crippen LogP contribution >= 0.6 is 11.8 Å². The second kappa shape index (κ2) is 6.11. The van der Waals surface area contributed by atoms with Gasteiger partial charge in [0.1, 0.15) is 5.75 Å². The summed E-state index contributed by atoms with van der Waals surface area (Å²) >= 11 is 1.28. The summed E-state index contributed by atoms with van der Waals surface area (Å²) in [5, 5.41) is 0. The highest BCUT2D eigenvalue weighted by atomic mass is 32.2. The van der Waals surface area contributed by atoms with E-state index in [4.69, 9.17) is 9.15 Å². The average Bonchev–Trinajstić information content (AvgIpc) is 3.01. The van der Waals surface area contributed by atoms with Crippen molar-refractivity contribution in [3.63, 3.8) is 0 Å². The zero-order valence-electron chi connectivity index (χ0n) is 11.7. The van der Waals surface area contributed by atoms with Crippen molar-refractivity contribution in [1.29, 1.82) is 0 Å². The first-order valence-corrected chi connectivity index (χ1v) is 7.38. The molecule has 3 nitrogen and oxygen atoms in total. The number of halogens is 4. The highest BCUT2D eigenvalue weighted by Crippen LogP contribution is 2.30. The van der Waals surface area contributed by atoms with E-state index in [1.165, 1.54) is 11.8 Å². The van der Waals surface area contributed by atoms with Crippen molar-refractivity contribution in [1.82, 2.24) is 4.98 Å². The molecular weight excluding hydrogens is 334 g/mol. The van der Waals surface area contributed by atoms with E-state index in [0.29, 0.717) is 5.75 Å². The summed E-state index contributed by atoms with van der Waals surface area (Å²) in [7, 11) is 1.54. The summed E-state index contributed by atoms with van der Waals surface area (Å²) in [6, 6.07) is 7.07. The number of rotatable bonds is 4. The number of nitrogens with zero attached hydrogens (tertiary/aromatic N) is 1. The van der Waals surface area contributed by atoms with Gasteiger partial charge < -0.3 is 9.15 Å². The first kappa shape index (κ1) is 15.7. The van der Waals surface area contributed by atoms with Gasteiger partial charge in [0.15, 0.2) is 22.7 Å². The number of hydrogen-bond donors (Lipinski definition) is 0. The minimum absolute atomic E-state index is 0.0383. The molecule has 2 aromatic carbocycles. The van der Waals surface area contributed by atoms with Crippen LogP contribution in [0.1, 0.15) is 5.89 Å². The molecule has 0 fully saturated rings. The van der Waals surface area contributed by atoms with Crippen LogP contribution in [0.25, 0.3) is 11.1 Å². The Bertz CT molecular complexity index is 819. The van der Waals surface area contributed by atoms with Crippen molar-refractivity contribution in [2.75, 3.05) is 7.11 Å². The highest BCUT2D eigenvalue weighted by Gasteiger charge is 2.25. The SMILES string of the molecule is COc1ccc(SCc2nc3c(F)c(F)c(F)c(F)c3o2)cc1. The van der Waals surface area contributed by atoms with Crippen molar-refractivity contribution in [2.24, 2.45) is 0 Å². The summed E-state index contributed by atoms with van der Waals surface area (Å²) in [5.74, 6) is -6.19. The molecule has 0 unspecified atom stereocenters. The Morgan fingerprint density at radius 3 is 2.30 bits per heavy atom. The Morgan fingerprint density at radius 1 is 1.00 bits per heavy atom. The van der Waals surface area contributed by atoms with Gasteiger partial charge >= 0.3 is 0 Å². The van der Waals surface area contributed by atoms with Crippen molar-refractivity contribution in [2.45, 2.75) is 10.6 Å². The van der Waals surface area contributed by atoms with Gasteiger partial charge in [-0.2, -0.15) is 4.39 Å². The molecule has 0 spiro atoms. The zero-order valence-corrected chi connectivity index (χ0v) is 12.5. The van der Waals surface area contributed by atoms with Crippen LogP contribution in [-0.4, -0.2) is 12.1 Å². The molecule has 0 atom stereocenters. The molecule has 3 rings (SSSR count). The summed E-state index contributed by atoms with van der Waals surface area (Å²) in [6.45, 7) is 0. The maximum Gasteiger partial charge on any atom is 0.206 e. The van der Waals surface area contributed by atoms with Gasteiger partial charge in [0.2, 0.25) is 17.5 Å². The fourth-order valence-electron chi connectivity index (χ4n) is 1.94. The molecule has 3 aromatic rings. The number of thioether (sulfide) groups is 1.